The Kier molecular flexibility index (Phi) is 5.48. The van der Waals surface area contributed by atoms with E-state index >= 15 is 0 Å². The molecule has 28 heavy (non-hydrogen) atoms. The van der Waals surface area contributed by atoms with Gasteiger partial charge in [-0.25, -0.2) is 17.4 Å². The number of anilines is 2. The second kappa shape index (κ2) is 7.69. The van der Waals surface area contributed by atoms with E-state index in [-0.39, 0.29) is 33.8 Å². The zero-order chi connectivity index (χ0) is 20.5. The normalized spacial score (nSPS) is 11.6. The van der Waals surface area contributed by atoms with Crippen molar-refractivity contribution in [2.75, 3.05) is 18.6 Å². The summed E-state index contributed by atoms with van der Waals surface area (Å²) < 4.78 is 32.6. The third-order valence-electron chi connectivity index (χ3n) is 4.31. The Morgan fingerprint density at radius 2 is 2.00 bits per heavy atom. The number of carbonyl (C=O) groups is 1. The molecule has 10 heteroatoms. The first-order valence-electron chi connectivity index (χ1n) is 8.39. The molecule has 0 unspecified atom stereocenters. The summed E-state index contributed by atoms with van der Waals surface area (Å²) in [5, 5.41) is 0.242. The van der Waals surface area contributed by atoms with Crippen molar-refractivity contribution < 1.29 is 17.9 Å². The quantitative estimate of drug-likeness (QED) is 0.354. The molecule has 0 bridgehead atoms. The standard InChI is InChI=1S/C18H19ClN4O4S/c1-27-17(24)7-2-4-11-10-13-14(8-9-16(19)22-13)23(11)28(25,26)15-6-3-5-12(20)18(15)21/h3,5-6,8-10H,2,4,7,20-21H2,1H3. The molecule has 0 amide bonds. The van der Waals surface area contributed by atoms with E-state index in [0.29, 0.717) is 29.6 Å². The molecule has 0 aliphatic rings. The summed E-state index contributed by atoms with van der Waals surface area (Å²) in [6.07, 6.45) is 0.871. The number of hydrogen-bond acceptors (Lipinski definition) is 7. The van der Waals surface area contributed by atoms with Gasteiger partial charge in [-0.05, 0) is 43.2 Å². The number of nitrogen functional groups attached to an aromatic ring is 2. The van der Waals surface area contributed by atoms with Crippen molar-refractivity contribution >= 4 is 50.0 Å². The molecule has 2 aromatic heterocycles. The van der Waals surface area contributed by atoms with Gasteiger partial charge in [0.1, 0.15) is 10.0 Å². The number of rotatable bonds is 6. The summed E-state index contributed by atoms with van der Waals surface area (Å²) in [4.78, 5) is 15.5. The molecule has 3 aromatic rings. The van der Waals surface area contributed by atoms with E-state index in [2.05, 4.69) is 9.72 Å². The number of aryl methyl sites for hydroxylation is 1. The molecular weight excluding hydrogens is 404 g/mol. The van der Waals surface area contributed by atoms with Crippen LogP contribution < -0.4 is 11.5 Å². The molecule has 1 aromatic carbocycles. The van der Waals surface area contributed by atoms with Crippen molar-refractivity contribution in [3.63, 3.8) is 0 Å². The fourth-order valence-electron chi connectivity index (χ4n) is 2.95. The molecule has 148 valence electrons. The first kappa shape index (κ1) is 20.0. The van der Waals surface area contributed by atoms with Crippen LogP contribution in [0.5, 0.6) is 0 Å². The number of nitrogens with two attached hydrogens (primary N) is 2. The molecule has 3 rings (SSSR count). The van der Waals surface area contributed by atoms with Gasteiger partial charge in [-0.1, -0.05) is 17.7 Å². The second-order valence-electron chi connectivity index (χ2n) is 6.13. The van der Waals surface area contributed by atoms with Gasteiger partial charge >= 0.3 is 5.97 Å². The Labute approximate surface area is 167 Å². The van der Waals surface area contributed by atoms with Gasteiger partial charge in [0, 0.05) is 12.1 Å². The molecule has 0 fully saturated rings. The Hall–Kier alpha value is -2.78. The first-order chi connectivity index (χ1) is 13.3. The molecule has 0 aliphatic carbocycles. The maximum atomic E-state index is 13.4. The predicted molar refractivity (Wildman–Crippen MR) is 108 cm³/mol. The molecule has 2 heterocycles. The Bertz CT molecular complexity index is 1160. The summed E-state index contributed by atoms with van der Waals surface area (Å²) >= 11 is 5.95. The number of aromatic nitrogens is 2. The van der Waals surface area contributed by atoms with Crippen LogP contribution in [0.15, 0.2) is 41.3 Å². The van der Waals surface area contributed by atoms with Gasteiger partial charge in [-0.3, -0.25) is 4.79 Å². The minimum Gasteiger partial charge on any atom is -0.469 e. The van der Waals surface area contributed by atoms with E-state index in [1.807, 2.05) is 0 Å². The smallest absolute Gasteiger partial charge is 0.305 e. The summed E-state index contributed by atoms with van der Waals surface area (Å²) in [5.41, 5.74) is 13.1. The van der Waals surface area contributed by atoms with Gasteiger partial charge in [0.15, 0.2) is 0 Å². The number of pyridine rings is 1. The molecule has 0 atom stereocenters. The van der Waals surface area contributed by atoms with Crippen molar-refractivity contribution in [2.24, 2.45) is 0 Å². The topological polar surface area (TPSA) is 130 Å². The number of esters is 1. The highest BCUT2D eigenvalue weighted by Crippen LogP contribution is 2.31. The van der Waals surface area contributed by atoms with Crippen molar-refractivity contribution in [2.45, 2.75) is 24.2 Å². The van der Waals surface area contributed by atoms with Crippen LogP contribution >= 0.6 is 11.6 Å². The summed E-state index contributed by atoms with van der Waals surface area (Å²) in [7, 11) is -2.76. The first-order valence-corrected chi connectivity index (χ1v) is 10.2. The molecule has 0 saturated carbocycles. The number of ether oxygens (including phenoxy) is 1. The molecule has 4 N–H and O–H groups in total. The van der Waals surface area contributed by atoms with Gasteiger partial charge < -0.3 is 16.2 Å². The summed E-state index contributed by atoms with van der Waals surface area (Å²) in [6, 6.07) is 9.18. The minimum atomic E-state index is -4.06. The maximum Gasteiger partial charge on any atom is 0.305 e. The largest absolute Gasteiger partial charge is 0.469 e. The van der Waals surface area contributed by atoms with Crippen LogP contribution in [0.4, 0.5) is 11.4 Å². The number of para-hydroxylation sites is 1. The van der Waals surface area contributed by atoms with Crippen LogP contribution in [-0.4, -0.2) is 30.5 Å². The number of fused-ring (bicyclic) bond motifs is 1. The Morgan fingerprint density at radius 3 is 2.71 bits per heavy atom. The van der Waals surface area contributed by atoms with E-state index in [1.54, 1.807) is 12.1 Å². The molecule has 0 spiro atoms. The Morgan fingerprint density at radius 1 is 1.25 bits per heavy atom. The van der Waals surface area contributed by atoms with Crippen LogP contribution in [0.3, 0.4) is 0 Å². The zero-order valence-electron chi connectivity index (χ0n) is 15.1. The van der Waals surface area contributed by atoms with Crippen LogP contribution in [0, 0.1) is 0 Å². The average Bonchev–Trinajstić information content (AvgIpc) is 3.01. The molecule has 0 radical (unpaired) electrons. The summed E-state index contributed by atoms with van der Waals surface area (Å²) in [5.74, 6) is -0.369. The number of hydrogen-bond donors (Lipinski definition) is 2. The number of carbonyl (C=O) groups excluding carboxylic acids is 1. The van der Waals surface area contributed by atoms with E-state index in [9.17, 15) is 13.2 Å². The SMILES string of the molecule is COC(=O)CCCc1cc2nc(Cl)ccc2n1S(=O)(=O)c1cccc(N)c1N. The molecule has 8 nitrogen and oxygen atoms in total. The van der Waals surface area contributed by atoms with Gasteiger partial charge in [-0.15, -0.1) is 0 Å². The lowest BCUT2D eigenvalue weighted by Crippen LogP contribution is -2.18. The summed E-state index contributed by atoms with van der Waals surface area (Å²) in [6.45, 7) is 0. The predicted octanol–water partition coefficient (Wildman–Crippen LogP) is 2.59. The Balaban J connectivity index is 2.16. The second-order valence-corrected chi connectivity index (χ2v) is 8.27. The van der Waals surface area contributed by atoms with Crippen molar-refractivity contribution in [3.8, 4) is 0 Å². The lowest BCUT2D eigenvalue weighted by atomic mass is 10.2. The fraction of sp³-hybridized carbons (Fsp3) is 0.222. The van der Waals surface area contributed by atoms with Gasteiger partial charge in [0.05, 0.1) is 29.5 Å². The van der Waals surface area contributed by atoms with Gasteiger partial charge in [0.2, 0.25) is 0 Å². The van der Waals surface area contributed by atoms with Crippen LogP contribution in [-0.2, 0) is 26.0 Å². The zero-order valence-corrected chi connectivity index (χ0v) is 16.6. The third kappa shape index (κ3) is 3.63. The maximum absolute atomic E-state index is 13.4. The van der Waals surface area contributed by atoms with Crippen LogP contribution in [0.1, 0.15) is 18.5 Å². The van der Waals surface area contributed by atoms with Crippen molar-refractivity contribution in [3.05, 3.63) is 47.2 Å². The minimum absolute atomic E-state index is 0.0215. The van der Waals surface area contributed by atoms with Gasteiger partial charge in [0.25, 0.3) is 10.0 Å². The molecular formula is C18H19ClN4O4S. The molecule has 0 saturated heterocycles. The highest BCUT2D eigenvalue weighted by atomic mass is 35.5. The molecule has 0 aliphatic heterocycles. The van der Waals surface area contributed by atoms with E-state index in [1.165, 1.54) is 35.3 Å². The van der Waals surface area contributed by atoms with Gasteiger partial charge in [-0.2, -0.15) is 0 Å². The highest BCUT2D eigenvalue weighted by molar-refractivity contribution is 7.90. The number of methoxy groups -OCH3 is 1. The van der Waals surface area contributed by atoms with Crippen LogP contribution in [0.25, 0.3) is 11.0 Å². The highest BCUT2D eigenvalue weighted by Gasteiger charge is 2.26. The fourth-order valence-corrected chi connectivity index (χ4v) is 4.81. The number of nitrogens with zero attached hydrogens (tertiary/aromatic N) is 2. The number of benzene rings is 1. The van der Waals surface area contributed by atoms with Crippen LogP contribution in [0.2, 0.25) is 5.15 Å². The van der Waals surface area contributed by atoms with E-state index < -0.39 is 10.0 Å². The average molecular weight is 423 g/mol. The monoisotopic (exact) mass is 422 g/mol. The third-order valence-corrected chi connectivity index (χ3v) is 6.35. The lowest BCUT2D eigenvalue weighted by molar-refractivity contribution is -0.140. The lowest BCUT2D eigenvalue weighted by Gasteiger charge is -2.14. The van der Waals surface area contributed by atoms with E-state index in [0.717, 1.165) is 0 Å². The van der Waals surface area contributed by atoms with E-state index in [4.69, 9.17) is 23.1 Å². The van der Waals surface area contributed by atoms with Crippen molar-refractivity contribution in [1.82, 2.24) is 8.96 Å². The van der Waals surface area contributed by atoms with Crippen molar-refractivity contribution in [1.29, 1.82) is 0 Å². The number of halogens is 1.